The van der Waals surface area contributed by atoms with Crippen molar-refractivity contribution in [3.63, 3.8) is 0 Å². The summed E-state index contributed by atoms with van der Waals surface area (Å²) in [7, 11) is 1.61. The molecule has 5 heteroatoms. The van der Waals surface area contributed by atoms with Gasteiger partial charge in [0, 0.05) is 17.3 Å². The van der Waals surface area contributed by atoms with Crippen LogP contribution < -0.4 is 5.32 Å². The van der Waals surface area contributed by atoms with E-state index in [9.17, 15) is 9.90 Å². The number of methoxy groups -OCH3 is 1. The third kappa shape index (κ3) is 4.31. The van der Waals surface area contributed by atoms with Crippen molar-refractivity contribution < 1.29 is 14.6 Å². The van der Waals surface area contributed by atoms with Crippen molar-refractivity contribution in [2.45, 2.75) is 12.6 Å². The Morgan fingerprint density at radius 1 is 1.29 bits per heavy atom. The maximum atomic E-state index is 11.6. The Balaban J connectivity index is 2.26. The van der Waals surface area contributed by atoms with Crippen LogP contribution >= 0.6 is 15.9 Å². The van der Waals surface area contributed by atoms with Gasteiger partial charge >= 0.3 is 5.97 Å². The van der Waals surface area contributed by atoms with E-state index in [-0.39, 0.29) is 0 Å². The van der Waals surface area contributed by atoms with E-state index in [1.807, 2.05) is 42.5 Å². The monoisotopic (exact) mass is 349 g/mol. The largest absolute Gasteiger partial charge is 0.479 e. The normalized spacial score (nSPS) is 11.9. The SMILES string of the molecule is COCc1cccc(C(Nc2cccc(Br)c2)C(=O)O)c1. The molecule has 0 spiro atoms. The number of carboxylic acid groups (broad SMARTS) is 1. The van der Waals surface area contributed by atoms with Gasteiger partial charge in [-0.2, -0.15) is 0 Å². The van der Waals surface area contributed by atoms with Crippen molar-refractivity contribution in [3.05, 3.63) is 64.1 Å². The molecule has 0 aliphatic rings. The molecule has 0 aliphatic carbocycles. The maximum absolute atomic E-state index is 11.6. The Morgan fingerprint density at radius 2 is 2.05 bits per heavy atom. The fourth-order valence-corrected chi connectivity index (χ4v) is 2.46. The van der Waals surface area contributed by atoms with Gasteiger partial charge in [0.05, 0.1) is 6.61 Å². The van der Waals surface area contributed by atoms with Crippen LogP contribution in [0.25, 0.3) is 0 Å². The Kier molecular flexibility index (Phi) is 5.36. The van der Waals surface area contributed by atoms with E-state index in [1.165, 1.54) is 0 Å². The predicted molar refractivity (Wildman–Crippen MR) is 85.3 cm³/mol. The summed E-state index contributed by atoms with van der Waals surface area (Å²) in [6.45, 7) is 0.455. The van der Waals surface area contributed by atoms with Crippen LogP contribution in [0.2, 0.25) is 0 Å². The zero-order chi connectivity index (χ0) is 15.2. The number of ether oxygens (including phenoxy) is 1. The van der Waals surface area contributed by atoms with Gasteiger partial charge in [-0.25, -0.2) is 4.79 Å². The summed E-state index contributed by atoms with van der Waals surface area (Å²) in [4.78, 5) is 11.6. The molecular weight excluding hydrogens is 334 g/mol. The average Bonchev–Trinajstić information content (AvgIpc) is 2.45. The summed E-state index contributed by atoms with van der Waals surface area (Å²) >= 11 is 3.37. The van der Waals surface area contributed by atoms with Gasteiger partial charge in [-0.05, 0) is 29.3 Å². The highest BCUT2D eigenvalue weighted by molar-refractivity contribution is 9.10. The number of hydrogen-bond donors (Lipinski definition) is 2. The number of carboxylic acids is 1. The van der Waals surface area contributed by atoms with E-state index in [4.69, 9.17) is 4.74 Å². The standard InChI is InChI=1S/C16H16BrNO3/c1-21-10-11-4-2-5-12(8-11)15(16(19)20)18-14-7-3-6-13(17)9-14/h2-9,15,18H,10H2,1H3,(H,19,20). The second kappa shape index (κ2) is 7.24. The van der Waals surface area contributed by atoms with Gasteiger partial charge < -0.3 is 15.2 Å². The van der Waals surface area contributed by atoms with Crippen LogP contribution in [0.4, 0.5) is 5.69 Å². The van der Waals surface area contributed by atoms with E-state index in [2.05, 4.69) is 21.2 Å². The fraction of sp³-hybridized carbons (Fsp3) is 0.188. The average molecular weight is 350 g/mol. The lowest BCUT2D eigenvalue weighted by Gasteiger charge is -2.17. The molecule has 0 aliphatic heterocycles. The first-order chi connectivity index (χ1) is 10.1. The van der Waals surface area contributed by atoms with Gasteiger partial charge in [-0.1, -0.05) is 46.3 Å². The summed E-state index contributed by atoms with van der Waals surface area (Å²) in [6.07, 6.45) is 0. The number of halogens is 1. The zero-order valence-corrected chi connectivity index (χ0v) is 13.1. The molecule has 0 radical (unpaired) electrons. The van der Waals surface area contributed by atoms with Crippen LogP contribution in [-0.2, 0) is 16.1 Å². The Morgan fingerprint density at radius 3 is 2.71 bits per heavy atom. The topological polar surface area (TPSA) is 58.6 Å². The number of anilines is 1. The highest BCUT2D eigenvalue weighted by atomic mass is 79.9. The Bertz CT molecular complexity index is 630. The van der Waals surface area contributed by atoms with Crippen LogP contribution in [0.3, 0.4) is 0 Å². The van der Waals surface area contributed by atoms with Gasteiger partial charge in [0.25, 0.3) is 0 Å². The molecule has 0 saturated heterocycles. The van der Waals surface area contributed by atoms with Crippen LogP contribution in [0.15, 0.2) is 53.0 Å². The summed E-state index contributed by atoms with van der Waals surface area (Å²) in [5, 5.41) is 12.5. The first-order valence-corrected chi connectivity index (χ1v) is 7.22. The van der Waals surface area contributed by atoms with Crippen molar-refractivity contribution in [1.29, 1.82) is 0 Å². The third-order valence-electron chi connectivity index (χ3n) is 2.98. The lowest BCUT2D eigenvalue weighted by atomic mass is 10.0. The van der Waals surface area contributed by atoms with Gasteiger partial charge in [0.15, 0.2) is 6.04 Å². The molecule has 4 nitrogen and oxygen atoms in total. The highest BCUT2D eigenvalue weighted by Crippen LogP contribution is 2.23. The van der Waals surface area contributed by atoms with Crippen LogP contribution in [-0.4, -0.2) is 18.2 Å². The van der Waals surface area contributed by atoms with Gasteiger partial charge in [0.1, 0.15) is 0 Å². The molecule has 21 heavy (non-hydrogen) atoms. The number of hydrogen-bond acceptors (Lipinski definition) is 3. The van der Waals surface area contributed by atoms with E-state index in [0.29, 0.717) is 12.2 Å². The molecule has 1 atom stereocenters. The quantitative estimate of drug-likeness (QED) is 0.831. The van der Waals surface area contributed by atoms with Crippen molar-refractivity contribution in [2.75, 3.05) is 12.4 Å². The lowest BCUT2D eigenvalue weighted by molar-refractivity contribution is -0.138. The molecule has 1 unspecified atom stereocenters. The van der Waals surface area contributed by atoms with E-state index in [1.54, 1.807) is 13.2 Å². The molecular formula is C16H16BrNO3. The Hall–Kier alpha value is -1.85. The molecule has 0 heterocycles. The van der Waals surface area contributed by atoms with Crippen molar-refractivity contribution in [1.82, 2.24) is 0 Å². The number of benzene rings is 2. The summed E-state index contributed by atoms with van der Waals surface area (Å²) in [6, 6.07) is 14.0. The van der Waals surface area contributed by atoms with Crippen molar-refractivity contribution >= 4 is 27.6 Å². The molecule has 110 valence electrons. The summed E-state index contributed by atoms with van der Waals surface area (Å²) in [5.74, 6) is -0.926. The molecule has 0 fully saturated rings. The minimum Gasteiger partial charge on any atom is -0.479 e. The first kappa shape index (κ1) is 15.5. The summed E-state index contributed by atoms with van der Waals surface area (Å²) < 4.78 is 5.98. The summed E-state index contributed by atoms with van der Waals surface area (Å²) in [5.41, 5.74) is 2.38. The fourth-order valence-electron chi connectivity index (χ4n) is 2.06. The number of carbonyl (C=O) groups is 1. The van der Waals surface area contributed by atoms with Crippen molar-refractivity contribution in [2.24, 2.45) is 0 Å². The van der Waals surface area contributed by atoms with Gasteiger partial charge in [-0.3, -0.25) is 0 Å². The van der Waals surface area contributed by atoms with Gasteiger partial charge in [0.2, 0.25) is 0 Å². The van der Waals surface area contributed by atoms with E-state index >= 15 is 0 Å². The van der Waals surface area contributed by atoms with Gasteiger partial charge in [-0.15, -0.1) is 0 Å². The number of aliphatic carboxylic acids is 1. The molecule has 2 rings (SSSR count). The third-order valence-corrected chi connectivity index (χ3v) is 3.47. The predicted octanol–water partition coefficient (Wildman–Crippen LogP) is 3.83. The zero-order valence-electron chi connectivity index (χ0n) is 11.5. The highest BCUT2D eigenvalue weighted by Gasteiger charge is 2.19. The number of rotatable bonds is 6. The molecule has 2 aromatic rings. The molecule has 2 N–H and O–H groups in total. The molecule has 0 aromatic heterocycles. The van der Waals surface area contributed by atoms with Crippen LogP contribution in [0.1, 0.15) is 17.2 Å². The smallest absolute Gasteiger partial charge is 0.330 e. The molecule has 0 bridgehead atoms. The van der Waals surface area contributed by atoms with Crippen LogP contribution in [0.5, 0.6) is 0 Å². The second-order valence-corrected chi connectivity index (χ2v) is 5.52. The first-order valence-electron chi connectivity index (χ1n) is 6.43. The number of nitrogens with one attached hydrogen (secondary N) is 1. The van der Waals surface area contributed by atoms with E-state index < -0.39 is 12.0 Å². The second-order valence-electron chi connectivity index (χ2n) is 4.60. The molecule has 2 aromatic carbocycles. The Labute approximate surface area is 131 Å². The lowest BCUT2D eigenvalue weighted by Crippen LogP contribution is -2.20. The maximum Gasteiger partial charge on any atom is 0.330 e. The molecule has 0 amide bonds. The van der Waals surface area contributed by atoms with Crippen LogP contribution in [0, 0.1) is 0 Å². The molecule has 0 saturated carbocycles. The van der Waals surface area contributed by atoms with E-state index in [0.717, 1.165) is 15.7 Å². The van der Waals surface area contributed by atoms with Crippen molar-refractivity contribution in [3.8, 4) is 0 Å². The minimum atomic E-state index is -0.926. The minimum absolute atomic E-state index is 0.455.